The number of carbonyl (C=O) groups is 1. The van der Waals surface area contributed by atoms with Crippen LogP contribution in [0.2, 0.25) is 0 Å². The van der Waals surface area contributed by atoms with Crippen LogP contribution in [-0.2, 0) is 11.2 Å². The number of nitrogens with zero attached hydrogens (tertiary/aromatic N) is 3. The summed E-state index contributed by atoms with van der Waals surface area (Å²) in [5.74, 6) is 1.64. The molecule has 0 unspecified atom stereocenters. The topological polar surface area (TPSA) is 71.1 Å². The molecule has 0 radical (unpaired) electrons. The van der Waals surface area contributed by atoms with E-state index in [0.717, 1.165) is 28.4 Å². The van der Waals surface area contributed by atoms with Crippen LogP contribution in [0.15, 0.2) is 18.5 Å². The summed E-state index contributed by atoms with van der Waals surface area (Å²) in [5.41, 5.74) is 3.07. The first kappa shape index (κ1) is 13.6. The van der Waals surface area contributed by atoms with E-state index in [1.807, 2.05) is 24.8 Å². The minimum atomic E-state index is 0.0842. The highest BCUT2D eigenvalue weighted by Crippen LogP contribution is 2.36. The van der Waals surface area contributed by atoms with Gasteiger partial charge in [0.2, 0.25) is 5.91 Å². The van der Waals surface area contributed by atoms with Crippen LogP contribution in [0, 0.1) is 13.8 Å². The summed E-state index contributed by atoms with van der Waals surface area (Å²) in [6.45, 7) is 5.16. The van der Waals surface area contributed by atoms with Crippen molar-refractivity contribution in [3.05, 3.63) is 35.4 Å². The lowest BCUT2D eigenvalue weighted by molar-refractivity contribution is -0.118. The number of aromatic nitrogens is 3. The van der Waals surface area contributed by atoms with Gasteiger partial charge in [0.05, 0.1) is 12.2 Å². The maximum atomic E-state index is 12.5. The molecule has 6 nitrogen and oxygen atoms in total. The lowest BCUT2D eigenvalue weighted by Crippen LogP contribution is -2.38. The van der Waals surface area contributed by atoms with E-state index >= 15 is 0 Å². The maximum Gasteiger partial charge on any atom is 0.227 e. The van der Waals surface area contributed by atoms with Gasteiger partial charge in [-0.15, -0.1) is 0 Å². The Morgan fingerprint density at radius 1 is 1.43 bits per heavy atom. The predicted octanol–water partition coefficient (Wildman–Crippen LogP) is 1.78. The maximum absolute atomic E-state index is 12.5. The number of ether oxygens (including phenoxy) is 1. The van der Waals surface area contributed by atoms with E-state index < -0.39 is 0 Å². The number of carbonyl (C=O) groups excluding carboxylic acids is 1. The van der Waals surface area contributed by atoms with E-state index in [2.05, 4.69) is 21.2 Å². The van der Waals surface area contributed by atoms with Crippen LogP contribution in [0.3, 0.4) is 0 Å². The van der Waals surface area contributed by atoms with Crippen LogP contribution >= 0.6 is 0 Å². The zero-order chi connectivity index (χ0) is 14.8. The van der Waals surface area contributed by atoms with Crippen LogP contribution in [0.4, 0.5) is 5.69 Å². The fourth-order valence-electron chi connectivity index (χ4n) is 2.65. The van der Waals surface area contributed by atoms with Gasteiger partial charge >= 0.3 is 0 Å². The monoisotopic (exact) mass is 286 g/mol. The van der Waals surface area contributed by atoms with Gasteiger partial charge in [0.25, 0.3) is 0 Å². The summed E-state index contributed by atoms with van der Waals surface area (Å²) in [7, 11) is 0. The van der Waals surface area contributed by atoms with Crippen LogP contribution < -0.4 is 9.64 Å². The number of nitrogens with one attached hydrogen (secondary N) is 1. The van der Waals surface area contributed by atoms with E-state index in [-0.39, 0.29) is 5.91 Å². The molecule has 0 spiro atoms. The van der Waals surface area contributed by atoms with Crippen molar-refractivity contribution >= 4 is 11.6 Å². The number of aromatic amines is 1. The second kappa shape index (κ2) is 5.55. The summed E-state index contributed by atoms with van der Waals surface area (Å²) < 4.78 is 5.72. The van der Waals surface area contributed by atoms with Crippen LogP contribution in [0.25, 0.3) is 0 Å². The number of hydrogen-bond acceptors (Lipinski definition) is 4. The van der Waals surface area contributed by atoms with E-state index in [1.54, 1.807) is 0 Å². The Labute approximate surface area is 123 Å². The lowest BCUT2D eigenvalue weighted by atomic mass is 10.1. The Morgan fingerprint density at radius 2 is 2.29 bits per heavy atom. The van der Waals surface area contributed by atoms with Gasteiger partial charge in [-0.05, 0) is 31.0 Å². The third kappa shape index (κ3) is 2.74. The molecule has 1 N–H and O–H groups in total. The second-order valence-electron chi connectivity index (χ2n) is 5.26. The van der Waals surface area contributed by atoms with Crippen molar-refractivity contribution in [2.45, 2.75) is 26.7 Å². The molecule has 2 aromatic rings. The van der Waals surface area contributed by atoms with Crippen molar-refractivity contribution in [1.82, 2.24) is 15.2 Å². The molecule has 1 aromatic carbocycles. The van der Waals surface area contributed by atoms with Gasteiger partial charge in [-0.2, -0.15) is 5.10 Å². The van der Waals surface area contributed by atoms with Gasteiger partial charge in [-0.25, -0.2) is 4.98 Å². The summed E-state index contributed by atoms with van der Waals surface area (Å²) in [6.07, 6.45) is 2.43. The SMILES string of the molecule is Cc1cc(C)c2c(c1)N(C(=O)CCc1ncn[nH]1)CCO2. The van der Waals surface area contributed by atoms with Crippen molar-refractivity contribution in [2.75, 3.05) is 18.1 Å². The summed E-state index contributed by atoms with van der Waals surface area (Å²) in [5, 5.41) is 6.57. The Hall–Kier alpha value is -2.37. The quantitative estimate of drug-likeness (QED) is 0.933. The highest BCUT2D eigenvalue weighted by Gasteiger charge is 2.25. The van der Waals surface area contributed by atoms with Gasteiger partial charge in [0, 0.05) is 12.8 Å². The molecule has 6 heteroatoms. The van der Waals surface area contributed by atoms with E-state index in [4.69, 9.17) is 4.74 Å². The number of rotatable bonds is 3. The Balaban J connectivity index is 1.79. The average Bonchev–Trinajstić information content (AvgIpc) is 2.97. The van der Waals surface area contributed by atoms with Crippen LogP contribution in [0.1, 0.15) is 23.4 Å². The number of fused-ring (bicyclic) bond motifs is 1. The fraction of sp³-hybridized carbons (Fsp3) is 0.400. The Kier molecular flexibility index (Phi) is 3.60. The number of H-pyrrole nitrogens is 1. The molecule has 0 fully saturated rings. The van der Waals surface area contributed by atoms with Crippen molar-refractivity contribution < 1.29 is 9.53 Å². The van der Waals surface area contributed by atoms with E-state index in [1.165, 1.54) is 6.33 Å². The molecule has 1 amide bonds. The smallest absolute Gasteiger partial charge is 0.227 e. The first-order valence-corrected chi connectivity index (χ1v) is 7.04. The normalized spacial score (nSPS) is 13.7. The molecule has 0 bridgehead atoms. The van der Waals surface area contributed by atoms with Gasteiger partial charge in [-0.1, -0.05) is 6.07 Å². The summed E-state index contributed by atoms with van der Waals surface area (Å²) >= 11 is 0. The lowest BCUT2D eigenvalue weighted by Gasteiger charge is -2.31. The van der Waals surface area contributed by atoms with Crippen molar-refractivity contribution in [3.8, 4) is 5.75 Å². The highest BCUT2D eigenvalue weighted by molar-refractivity contribution is 5.95. The van der Waals surface area contributed by atoms with Gasteiger partial charge in [-0.3, -0.25) is 9.89 Å². The first-order chi connectivity index (χ1) is 10.1. The first-order valence-electron chi connectivity index (χ1n) is 7.04. The largest absolute Gasteiger partial charge is 0.489 e. The van der Waals surface area contributed by atoms with Gasteiger partial charge in [0.1, 0.15) is 24.5 Å². The van der Waals surface area contributed by atoms with Crippen molar-refractivity contribution in [3.63, 3.8) is 0 Å². The fourth-order valence-corrected chi connectivity index (χ4v) is 2.65. The molecule has 0 saturated carbocycles. The van der Waals surface area contributed by atoms with Gasteiger partial charge in [0.15, 0.2) is 0 Å². The third-order valence-corrected chi connectivity index (χ3v) is 3.59. The molecule has 21 heavy (non-hydrogen) atoms. The summed E-state index contributed by atoms with van der Waals surface area (Å²) in [6, 6.07) is 4.08. The van der Waals surface area contributed by atoms with Crippen molar-refractivity contribution in [1.29, 1.82) is 0 Å². The minimum absolute atomic E-state index is 0.0842. The van der Waals surface area contributed by atoms with Gasteiger partial charge < -0.3 is 9.64 Å². The number of amides is 1. The standard InChI is InChI=1S/C15H18N4O2/c1-10-7-11(2)15-12(8-10)19(5-6-21-15)14(20)4-3-13-16-9-17-18-13/h7-9H,3-6H2,1-2H3,(H,16,17,18). The summed E-state index contributed by atoms with van der Waals surface area (Å²) in [4.78, 5) is 18.3. The number of hydrogen-bond donors (Lipinski definition) is 1. The molecular formula is C15H18N4O2. The average molecular weight is 286 g/mol. The zero-order valence-electron chi connectivity index (χ0n) is 12.2. The van der Waals surface area contributed by atoms with Crippen LogP contribution in [0.5, 0.6) is 5.75 Å². The molecule has 110 valence electrons. The van der Waals surface area contributed by atoms with E-state index in [9.17, 15) is 4.79 Å². The highest BCUT2D eigenvalue weighted by atomic mass is 16.5. The molecule has 2 heterocycles. The predicted molar refractivity (Wildman–Crippen MR) is 78.5 cm³/mol. The molecular weight excluding hydrogens is 268 g/mol. The zero-order valence-corrected chi connectivity index (χ0v) is 12.2. The molecule has 1 aliphatic heterocycles. The minimum Gasteiger partial charge on any atom is -0.489 e. The molecule has 3 rings (SSSR count). The Morgan fingerprint density at radius 3 is 3.05 bits per heavy atom. The molecule has 0 saturated heterocycles. The molecule has 0 aliphatic carbocycles. The number of anilines is 1. The van der Waals surface area contributed by atoms with Crippen LogP contribution in [-0.4, -0.2) is 34.2 Å². The number of aryl methyl sites for hydroxylation is 3. The Bertz CT molecular complexity index is 652. The molecule has 1 aliphatic rings. The third-order valence-electron chi connectivity index (χ3n) is 3.59. The van der Waals surface area contributed by atoms with Crippen molar-refractivity contribution in [2.24, 2.45) is 0 Å². The second-order valence-corrected chi connectivity index (χ2v) is 5.26. The van der Waals surface area contributed by atoms with E-state index in [0.29, 0.717) is 26.0 Å². The number of benzene rings is 1. The molecule has 1 aromatic heterocycles. The molecule has 0 atom stereocenters.